The quantitative estimate of drug-likeness (QED) is 0.703. The summed E-state index contributed by atoms with van der Waals surface area (Å²) >= 11 is 3.57. The molecule has 0 aliphatic rings. The Labute approximate surface area is 86.9 Å². The molecule has 0 amide bonds. The van der Waals surface area contributed by atoms with Gasteiger partial charge in [0.05, 0.1) is 0 Å². The van der Waals surface area contributed by atoms with Crippen LogP contribution in [0.1, 0.15) is 30.4 Å². The Balaban J connectivity index is 2.29. The molecule has 0 fully saturated rings. The summed E-state index contributed by atoms with van der Waals surface area (Å²) in [5.41, 5.74) is 2.93. The minimum absolute atomic E-state index is 0.609. The Morgan fingerprint density at radius 1 is 1.08 bits per heavy atom. The average Bonchev–Trinajstić information content (AvgIpc) is 2.76. The van der Waals surface area contributed by atoms with E-state index in [-0.39, 0.29) is 0 Å². The van der Waals surface area contributed by atoms with Crippen molar-refractivity contribution in [1.82, 2.24) is 0 Å². The maximum Gasteiger partial charge on any atom is 0.0103 e. The van der Waals surface area contributed by atoms with Gasteiger partial charge in [0.25, 0.3) is 0 Å². The molecule has 0 saturated heterocycles. The first-order valence-electron chi connectivity index (χ1n) is 4.46. The molecule has 0 bridgehead atoms. The molecular weight excluding hydrogens is 196 g/mol. The monoisotopic (exact) mass is 208 g/mol. The van der Waals surface area contributed by atoms with E-state index in [4.69, 9.17) is 0 Å². The fourth-order valence-electron chi connectivity index (χ4n) is 1.61. The zero-order valence-electron chi connectivity index (χ0n) is 7.57. The van der Waals surface area contributed by atoms with Gasteiger partial charge in [0, 0.05) is 5.92 Å². The Hall–Kier alpha value is -0.600. The molecule has 68 valence electrons. The molecule has 0 spiro atoms. The van der Waals surface area contributed by atoms with Gasteiger partial charge in [-0.05, 0) is 51.2 Å². The standard InChI is InChI=1S/C11H12S2/c1-2-11(9-3-5-12-7-9)10-4-6-13-8-10/h3-8,11H,2H2,1H3. The van der Waals surface area contributed by atoms with E-state index >= 15 is 0 Å². The van der Waals surface area contributed by atoms with Crippen molar-refractivity contribution in [3.05, 3.63) is 44.8 Å². The molecular formula is C11H12S2. The maximum absolute atomic E-state index is 2.26. The van der Waals surface area contributed by atoms with Crippen molar-refractivity contribution in [1.29, 1.82) is 0 Å². The lowest BCUT2D eigenvalue weighted by Crippen LogP contribution is -1.95. The summed E-state index contributed by atoms with van der Waals surface area (Å²) in [5, 5.41) is 8.83. The van der Waals surface area contributed by atoms with Crippen molar-refractivity contribution >= 4 is 22.7 Å². The highest BCUT2D eigenvalue weighted by Crippen LogP contribution is 2.30. The number of thiophene rings is 2. The first kappa shape index (κ1) is 8.97. The minimum atomic E-state index is 0.609. The lowest BCUT2D eigenvalue weighted by Gasteiger charge is -2.10. The van der Waals surface area contributed by atoms with Gasteiger partial charge in [-0.1, -0.05) is 6.92 Å². The topological polar surface area (TPSA) is 0 Å². The second-order valence-corrected chi connectivity index (χ2v) is 4.63. The van der Waals surface area contributed by atoms with Crippen LogP contribution in [0.5, 0.6) is 0 Å². The van der Waals surface area contributed by atoms with Crippen LogP contribution < -0.4 is 0 Å². The van der Waals surface area contributed by atoms with Gasteiger partial charge in [0.15, 0.2) is 0 Å². The van der Waals surface area contributed by atoms with Gasteiger partial charge >= 0.3 is 0 Å². The van der Waals surface area contributed by atoms with Gasteiger partial charge in [-0.15, -0.1) is 0 Å². The summed E-state index contributed by atoms with van der Waals surface area (Å²) in [6, 6.07) is 4.47. The largest absolute Gasteiger partial charge is 0.152 e. The second kappa shape index (κ2) is 4.07. The molecule has 0 radical (unpaired) electrons. The summed E-state index contributed by atoms with van der Waals surface area (Å²) in [4.78, 5) is 0. The van der Waals surface area contributed by atoms with Crippen molar-refractivity contribution < 1.29 is 0 Å². The van der Waals surface area contributed by atoms with Crippen LogP contribution in [0, 0.1) is 0 Å². The lowest BCUT2D eigenvalue weighted by atomic mass is 9.93. The highest BCUT2D eigenvalue weighted by molar-refractivity contribution is 7.08. The molecule has 0 unspecified atom stereocenters. The van der Waals surface area contributed by atoms with Crippen molar-refractivity contribution in [2.24, 2.45) is 0 Å². The van der Waals surface area contributed by atoms with E-state index in [2.05, 4.69) is 40.6 Å². The normalized spacial score (nSPS) is 10.9. The van der Waals surface area contributed by atoms with Gasteiger partial charge in [-0.2, -0.15) is 22.7 Å². The lowest BCUT2D eigenvalue weighted by molar-refractivity contribution is 0.784. The molecule has 0 aromatic carbocycles. The molecule has 0 atom stereocenters. The molecule has 0 aliphatic carbocycles. The van der Waals surface area contributed by atoms with Crippen LogP contribution in [0.4, 0.5) is 0 Å². The van der Waals surface area contributed by atoms with Crippen molar-refractivity contribution in [2.75, 3.05) is 0 Å². The molecule has 0 aliphatic heterocycles. The summed E-state index contributed by atoms with van der Waals surface area (Å²) in [7, 11) is 0. The Morgan fingerprint density at radius 3 is 1.92 bits per heavy atom. The number of hydrogen-bond acceptors (Lipinski definition) is 2. The first-order valence-corrected chi connectivity index (χ1v) is 6.34. The van der Waals surface area contributed by atoms with Crippen LogP contribution in [0.25, 0.3) is 0 Å². The molecule has 0 saturated carbocycles. The Morgan fingerprint density at radius 2 is 1.62 bits per heavy atom. The summed E-state index contributed by atoms with van der Waals surface area (Å²) in [6.07, 6.45) is 1.19. The molecule has 2 heterocycles. The van der Waals surface area contributed by atoms with E-state index in [1.54, 1.807) is 22.7 Å². The summed E-state index contributed by atoms with van der Waals surface area (Å²) in [5.74, 6) is 0.609. The predicted molar refractivity (Wildman–Crippen MR) is 60.8 cm³/mol. The highest BCUT2D eigenvalue weighted by Gasteiger charge is 2.11. The fourth-order valence-corrected chi connectivity index (χ4v) is 3.04. The second-order valence-electron chi connectivity index (χ2n) is 3.07. The van der Waals surface area contributed by atoms with E-state index in [0.717, 1.165) is 0 Å². The minimum Gasteiger partial charge on any atom is -0.152 e. The maximum atomic E-state index is 2.26. The average molecular weight is 208 g/mol. The van der Waals surface area contributed by atoms with Crippen molar-refractivity contribution in [2.45, 2.75) is 19.3 Å². The van der Waals surface area contributed by atoms with Crippen LogP contribution in [-0.2, 0) is 0 Å². The van der Waals surface area contributed by atoms with Crippen LogP contribution in [0.2, 0.25) is 0 Å². The van der Waals surface area contributed by atoms with Crippen LogP contribution in [-0.4, -0.2) is 0 Å². The molecule has 13 heavy (non-hydrogen) atoms. The predicted octanol–water partition coefficient (Wildman–Crippen LogP) is 4.35. The number of hydrogen-bond donors (Lipinski definition) is 0. The van der Waals surface area contributed by atoms with Crippen molar-refractivity contribution in [3.8, 4) is 0 Å². The smallest absolute Gasteiger partial charge is 0.0103 e. The summed E-state index contributed by atoms with van der Waals surface area (Å²) < 4.78 is 0. The zero-order valence-corrected chi connectivity index (χ0v) is 9.20. The molecule has 0 nitrogen and oxygen atoms in total. The van der Waals surface area contributed by atoms with Gasteiger partial charge in [-0.3, -0.25) is 0 Å². The van der Waals surface area contributed by atoms with Crippen LogP contribution >= 0.6 is 22.7 Å². The van der Waals surface area contributed by atoms with Gasteiger partial charge in [0.2, 0.25) is 0 Å². The molecule has 2 heteroatoms. The third-order valence-corrected chi connectivity index (χ3v) is 3.70. The SMILES string of the molecule is CCC(c1ccsc1)c1ccsc1. The van der Waals surface area contributed by atoms with Crippen molar-refractivity contribution in [3.63, 3.8) is 0 Å². The van der Waals surface area contributed by atoms with E-state index in [9.17, 15) is 0 Å². The fraction of sp³-hybridized carbons (Fsp3) is 0.273. The molecule has 2 rings (SSSR count). The van der Waals surface area contributed by atoms with Crippen LogP contribution in [0.15, 0.2) is 33.7 Å². The Bertz CT molecular complexity index is 298. The molecule has 2 aromatic rings. The summed E-state index contributed by atoms with van der Waals surface area (Å²) in [6.45, 7) is 2.25. The molecule has 2 aromatic heterocycles. The van der Waals surface area contributed by atoms with E-state index in [1.165, 1.54) is 17.5 Å². The van der Waals surface area contributed by atoms with Gasteiger partial charge < -0.3 is 0 Å². The van der Waals surface area contributed by atoms with Gasteiger partial charge in [0.1, 0.15) is 0 Å². The first-order chi connectivity index (χ1) is 6.42. The van der Waals surface area contributed by atoms with E-state index in [0.29, 0.717) is 5.92 Å². The highest BCUT2D eigenvalue weighted by atomic mass is 32.1. The zero-order chi connectivity index (χ0) is 9.10. The Kier molecular flexibility index (Phi) is 2.81. The van der Waals surface area contributed by atoms with Gasteiger partial charge in [-0.25, -0.2) is 0 Å². The number of rotatable bonds is 3. The third-order valence-electron chi connectivity index (χ3n) is 2.30. The van der Waals surface area contributed by atoms with Crippen LogP contribution in [0.3, 0.4) is 0 Å². The molecule has 0 N–H and O–H groups in total. The van der Waals surface area contributed by atoms with E-state index < -0.39 is 0 Å². The third kappa shape index (κ3) is 1.84. The van der Waals surface area contributed by atoms with E-state index in [1.807, 2.05) is 0 Å².